The third-order valence-electron chi connectivity index (χ3n) is 5.88. The molecule has 0 radical (unpaired) electrons. The van der Waals surface area contributed by atoms with E-state index in [0.717, 1.165) is 0 Å². The number of amides is 2. The van der Waals surface area contributed by atoms with Gasteiger partial charge < -0.3 is 14.5 Å². The first kappa shape index (κ1) is 19.5. The Morgan fingerprint density at radius 3 is 2.33 bits per heavy atom. The first-order valence-electron chi connectivity index (χ1n) is 9.63. The highest BCUT2D eigenvalue weighted by atomic mass is 16.5. The zero-order chi connectivity index (χ0) is 19.8. The Morgan fingerprint density at radius 1 is 1.11 bits per heavy atom. The molecule has 1 saturated heterocycles. The van der Waals surface area contributed by atoms with Crippen LogP contribution in [-0.2, 0) is 4.79 Å². The van der Waals surface area contributed by atoms with E-state index in [4.69, 9.17) is 4.74 Å². The van der Waals surface area contributed by atoms with Gasteiger partial charge in [-0.15, -0.1) is 0 Å². The average Bonchev–Trinajstić information content (AvgIpc) is 3.19. The summed E-state index contributed by atoms with van der Waals surface area (Å²) in [5.74, 6) is 1.29. The van der Waals surface area contributed by atoms with Gasteiger partial charge in [0, 0.05) is 31.7 Å². The SMILES string of the molecule is COc1cccc(C(=O)N2CCN(C(=O)C3C(C=C(C)C)C3(C)C)CC2)c1. The molecule has 0 bridgehead atoms. The smallest absolute Gasteiger partial charge is 0.254 e. The number of rotatable bonds is 4. The molecule has 1 aromatic rings. The molecule has 27 heavy (non-hydrogen) atoms. The highest BCUT2D eigenvalue weighted by molar-refractivity contribution is 5.95. The van der Waals surface area contributed by atoms with Crippen molar-refractivity contribution >= 4 is 11.8 Å². The van der Waals surface area contributed by atoms with Crippen LogP contribution in [-0.4, -0.2) is 54.9 Å². The number of allylic oxidation sites excluding steroid dienone is 2. The molecule has 0 N–H and O–H groups in total. The summed E-state index contributed by atoms with van der Waals surface area (Å²) in [4.78, 5) is 29.5. The van der Waals surface area contributed by atoms with Crippen LogP contribution < -0.4 is 4.74 Å². The Hall–Kier alpha value is -2.30. The van der Waals surface area contributed by atoms with Gasteiger partial charge in [0.25, 0.3) is 5.91 Å². The number of benzene rings is 1. The van der Waals surface area contributed by atoms with Crippen LogP contribution in [0.15, 0.2) is 35.9 Å². The van der Waals surface area contributed by atoms with Gasteiger partial charge in [0.15, 0.2) is 0 Å². The van der Waals surface area contributed by atoms with Gasteiger partial charge >= 0.3 is 0 Å². The second-order valence-corrected chi connectivity index (χ2v) is 8.42. The minimum absolute atomic E-state index is 0.00447. The highest BCUT2D eigenvalue weighted by Gasteiger charge is 2.61. The quantitative estimate of drug-likeness (QED) is 0.765. The van der Waals surface area contributed by atoms with Crippen molar-refractivity contribution in [3.05, 3.63) is 41.5 Å². The van der Waals surface area contributed by atoms with E-state index in [1.807, 2.05) is 21.9 Å². The molecule has 5 heteroatoms. The molecule has 1 aliphatic heterocycles. The molecular weight excluding hydrogens is 340 g/mol. The fraction of sp³-hybridized carbons (Fsp3) is 0.545. The van der Waals surface area contributed by atoms with Crippen LogP contribution in [0.5, 0.6) is 5.75 Å². The maximum absolute atomic E-state index is 13.0. The molecule has 2 fully saturated rings. The maximum Gasteiger partial charge on any atom is 0.254 e. The third kappa shape index (κ3) is 3.87. The molecule has 2 aliphatic rings. The molecule has 5 nitrogen and oxygen atoms in total. The van der Waals surface area contributed by atoms with Crippen molar-refractivity contribution in [1.29, 1.82) is 0 Å². The van der Waals surface area contributed by atoms with Crippen molar-refractivity contribution in [1.82, 2.24) is 9.80 Å². The van der Waals surface area contributed by atoms with Gasteiger partial charge in [0.05, 0.1) is 13.0 Å². The minimum atomic E-state index is -0.00447. The highest BCUT2D eigenvalue weighted by Crippen LogP contribution is 2.60. The zero-order valence-corrected chi connectivity index (χ0v) is 17.0. The maximum atomic E-state index is 13.0. The van der Waals surface area contributed by atoms with Crippen molar-refractivity contribution in [3.8, 4) is 5.75 Å². The van der Waals surface area contributed by atoms with Crippen molar-refractivity contribution in [2.24, 2.45) is 17.3 Å². The molecule has 0 aromatic heterocycles. The molecule has 3 rings (SSSR count). The Bertz CT molecular complexity index is 757. The van der Waals surface area contributed by atoms with Crippen LogP contribution in [0.1, 0.15) is 38.1 Å². The number of carbonyl (C=O) groups excluding carboxylic acids is 2. The predicted octanol–water partition coefficient (Wildman–Crippen LogP) is 3.22. The molecule has 2 amide bonds. The molecule has 2 unspecified atom stereocenters. The van der Waals surface area contributed by atoms with Crippen molar-refractivity contribution < 1.29 is 14.3 Å². The molecule has 1 heterocycles. The summed E-state index contributed by atoms with van der Waals surface area (Å²) in [5.41, 5.74) is 1.92. The Balaban J connectivity index is 1.60. The average molecular weight is 370 g/mol. The van der Waals surface area contributed by atoms with Gasteiger partial charge in [-0.05, 0) is 43.4 Å². The standard InChI is InChI=1S/C22H30N2O3/c1-15(2)13-18-19(22(18,3)4)21(26)24-11-9-23(10-12-24)20(25)16-7-6-8-17(14-16)27-5/h6-8,13-14,18-19H,9-12H2,1-5H3. The summed E-state index contributed by atoms with van der Waals surface area (Å²) in [6.07, 6.45) is 2.23. The number of nitrogens with zero attached hydrogens (tertiary/aromatic N) is 2. The number of carbonyl (C=O) groups is 2. The van der Waals surface area contributed by atoms with Crippen LogP contribution in [0.2, 0.25) is 0 Å². The van der Waals surface area contributed by atoms with E-state index in [2.05, 4.69) is 33.8 Å². The lowest BCUT2D eigenvalue weighted by atomic mass is 10.1. The third-order valence-corrected chi connectivity index (χ3v) is 5.88. The first-order valence-corrected chi connectivity index (χ1v) is 9.63. The summed E-state index contributed by atoms with van der Waals surface area (Å²) < 4.78 is 5.20. The summed E-state index contributed by atoms with van der Waals surface area (Å²) >= 11 is 0. The van der Waals surface area contributed by atoms with E-state index < -0.39 is 0 Å². The monoisotopic (exact) mass is 370 g/mol. The van der Waals surface area contributed by atoms with E-state index in [1.54, 1.807) is 19.2 Å². The fourth-order valence-electron chi connectivity index (χ4n) is 4.08. The van der Waals surface area contributed by atoms with Gasteiger partial charge in [0.2, 0.25) is 5.91 Å². The first-order chi connectivity index (χ1) is 12.8. The largest absolute Gasteiger partial charge is 0.497 e. The predicted molar refractivity (Wildman–Crippen MR) is 106 cm³/mol. The second-order valence-electron chi connectivity index (χ2n) is 8.42. The van der Waals surface area contributed by atoms with E-state index >= 15 is 0 Å². The van der Waals surface area contributed by atoms with Gasteiger partial charge in [-0.25, -0.2) is 0 Å². The summed E-state index contributed by atoms with van der Waals surface area (Å²) in [7, 11) is 1.59. The van der Waals surface area contributed by atoms with E-state index in [0.29, 0.717) is 43.4 Å². The number of hydrogen-bond acceptors (Lipinski definition) is 3. The lowest BCUT2D eigenvalue weighted by molar-refractivity contribution is -0.135. The van der Waals surface area contributed by atoms with Crippen LogP contribution in [0, 0.1) is 17.3 Å². The second kappa shape index (κ2) is 7.37. The normalized spacial score (nSPS) is 23.6. The molecule has 146 valence electrons. The number of methoxy groups -OCH3 is 1. The molecule has 1 saturated carbocycles. The summed E-state index contributed by atoms with van der Waals surface area (Å²) in [5, 5.41) is 0. The van der Waals surface area contributed by atoms with Gasteiger partial charge in [-0.1, -0.05) is 31.6 Å². The lowest BCUT2D eigenvalue weighted by Gasteiger charge is -2.35. The molecular formula is C22H30N2O3. The molecule has 0 spiro atoms. The Kier molecular flexibility index (Phi) is 5.31. The number of ether oxygens (including phenoxy) is 1. The van der Waals surface area contributed by atoms with Crippen molar-refractivity contribution in [3.63, 3.8) is 0 Å². The van der Waals surface area contributed by atoms with Gasteiger partial charge in [-0.2, -0.15) is 0 Å². The van der Waals surface area contributed by atoms with E-state index in [9.17, 15) is 9.59 Å². The Morgan fingerprint density at radius 2 is 1.74 bits per heavy atom. The van der Waals surface area contributed by atoms with Crippen LogP contribution in [0.4, 0.5) is 0 Å². The summed E-state index contributed by atoms with van der Waals surface area (Å²) in [6.45, 7) is 10.8. The zero-order valence-electron chi connectivity index (χ0n) is 17.0. The van der Waals surface area contributed by atoms with E-state index in [-0.39, 0.29) is 23.1 Å². The minimum Gasteiger partial charge on any atom is -0.497 e. The Labute approximate surface area is 162 Å². The molecule has 2 atom stereocenters. The van der Waals surface area contributed by atoms with Crippen LogP contribution in [0.25, 0.3) is 0 Å². The molecule has 1 aromatic carbocycles. The van der Waals surface area contributed by atoms with Crippen molar-refractivity contribution in [2.75, 3.05) is 33.3 Å². The fourth-order valence-corrected chi connectivity index (χ4v) is 4.08. The van der Waals surface area contributed by atoms with Crippen LogP contribution in [0.3, 0.4) is 0 Å². The van der Waals surface area contributed by atoms with Crippen LogP contribution >= 0.6 is 0 Å². The topological polar surface area (TPSA) is 49.9 Å². The summed E-state index contributed by atoms with van der Waals surface area (Å²) in [6, 6.07) is 7.22. The number of piperazine rings is 1. The van der Waals surface area contributed by atoms with E-state index in [1.165, 1.54) is 5.57 Å². The molecule has 1 aliphatic carbocycles. The van der Waals surface area contributed by atoms with Gasteiger partial charge in [0.1, 0.15) is 5.75 Å². The lowest BCUT2D eigenvalue weighted by Crippen LogP contribution is -2.51. The van der Waals surface area contributed by atoms with Gasteiger partial charge in [-0.3, -0.25) is 9.59 Å². The van der Waals surface area contributed by atoms with Crippen molar-refractivity contribution in [2.45, 2.75) is 27.7 Å². The number of hydrogen-bond donors (Lipinski definition) is 0.